The molecule has 0 radical (unpaired) electrons. The van der Waals surface area contributed by atoms with E-state index >= 15 is 0 Å². The molecule has 124 valence electrons. The predicted molar refractivity (Wildman–Crippen MR) is 97.9 cm³/mol. The summed E-state index contributed by atoms with van der Waals surface area (Å²) in [4.78, 5) is 25.0. The van der Waals surface area contributed by atoms with Gasteiger partial charge in [-0.15, -0.1) is 0 Å². The van der Waals surface area contributed by atoms with Crippen LogP contribution in [-0.2, 0) is 0 Å². The van der Waals surface area contributed by atoms with E-state index in [9.17, 15) is 9.59 Å². The Morgan fingerprint density at radius 3 is 2.12 bits per heavy atom. The highest BCUT2D eigenvalue weighted by molar-refractivity contribution is 6.50. The molecule has 0 aliphatic carbocycles. The lowest BCUT2D eigenvalue weighted by atomic mass is 9.95. The monoisotopic (exact) mass is 331 g/mol. The van der Waals surface area contributed by atoms with Crippen molar-refractivity contribution >= 4 is 17.3 Å². The van der Waals surface area contributed by atoms with Crippen LogP contribution in [0, 0.1) is 0 Å². The van der Waals surface area contributed by atoms with Crippen LogP contribution in [0.2, 0.25) is 0 Å². The molecule has 0 bridgehead atoms. The highest BCUT2D eigenvalue weighted by Crippen LogP contribution is 2.30. The third-order valence-electron chi connectivity index (χ3n) is 3.99. The largest absolute Gasteiger partial charge is 0.497 e. The molecular weight excluding hydrogens is 314 g/mol. The molecule has 0 aliphatic heterocycles. The van der Waals surface area contributed by atoms with Crippen LogP contribution in [0.4, 0.5) is 5.69 Å². The van der Waals surface area contributed by atoms with E-state index in [0.29, 0.717) is 16.8 Å². The molecule has 4 heteroatoms. The van der Waals surface area contributed by atoms with E-state index in [-0.39, 0.29) is 5.56 Å². The summed E-state index contributed by atoms with van der Waals surface area (Å²) in [6.07, 6.45) is 0. The van der Waals surface area contributed by atoms with Gasteiger partial charge in [0.05, 0.1) is 12.8 Å². The number of carbonyl (C=O) groups excluding carboxylic acids is 2. The number of Topliss-reactive ketones (excluding diaryl/α,β-unsaturated/α-hetero) is 2. The number of nitrogens with two attached hydrogens (primary N) is 1. The number of methoxy groups -OCH3 is 1. The molecule has 2 N–H and O–H groups in total. The summed E-state index contributed by atoms with van der Waals surface area (Å²) in [7, 11) is 1.60. The lowest BCUT2D eigenvalue weighted by Gasteiger charge is -2.11. The van der Waals surface area contributed by atoms with Crippen molar-refractivity contribution in [2.75, 3.05) is 12.8 Å². The SMILES string of the molecule is COc1ccc(-c2cccc(C(=O)C(=O)c3ccccc3)c2N)cc1. The normalized spacial score (nSPS) is 10.3. The molecule has 0 saturated carbocycles. The van der Waals surface area contributed by atoms with E-state index in [1.807, 2.05) is 30.3 Å². The Morgan fingerprint density at radius 1 is 0.800 bits per heavy atom. The lowest BCUT2D eigenvalue weighted by Crippen LogP contribution is -2.16. The zero-order valence-electron chi connectivity index (χ0n) is 13.7. The molecule has 0 heterocycles. The third-order valence-corrected chi connectivity index (χ3v) is 3.99. The minimum absolute atomic E-state index is 0.210. The molecule has 0 amide bonds. The number of hydrogen-bond donors (Lipinski definition) is 1. The van der Waals surface area contributed by atoms with E-state index in [0.717, 1.165) is 11.3 Å². The van der Waals surface area contributed by atoms with Gasteiger partial charge in [-0.3, -0.25) is 9.59 Å². The zero-order chi connectivity index (χ0) is 17.8. The molecule has 0 saturated heterocycles. The predicted octanol–water partition coefficient (Wildman–Crippen LogP) is 4.01. The fourth-order valence-corrected chi connectivity index (χ4v) is 2.63. The maximum Gasteiger partial charge on any atom is 0.235 e. The van der Waals surface area contributed by atoms with E-state index in [2.05, 4.69) is 0 Å². The average molecular weight is 331 g/mol. The van der Waals surface area contributed by atoms with Gasteiger partial charge in [0.1, 0.15) is 5.75 Å². The molecule has 0 spiro atoms. The van der Waals surface area contributed by atoms with Crippen molar-refractivity contribution in [3.05, 3.63) is 83.9 Å². The highest BCUT2D eigenvalue weighted by Gasteiger charge is 2.21. The Kier molecular flexibility index (Phi) is 4.61. The second kappa shape index (κ2) is 7.01. The van der Waals surface area contributed by atoms with Gasteiger partial charge in [-0.1, -0.05) is 54.6 Å². The van der Waals surface area contributed by atoms with Crippen LogP contribution in [0.15, 0.2) is 72.8 Å². The third kappa shape index (κ3) is 3.28. The summed E-state index contributed by atoms with van der Waals surface area (Å²) in [6.45, 7) is 0. The van der Waals surface area contributed by atoms with Crippen LogP contribution in [-0.4, -0.2) is 18.7 Å². The standard InChI is InChI=1S/C21H17NO3/c1-25-16-12-10-14(11-13-16)17-8-5-9-18(19(17)22)21(24)20(23)15-6-3-2-4-7-15/h2-13H,22H2,1H3. The van der Waals surface area contributed by atoms with Crippen LogP contribution >= 0.6 is 0 Å². The first-order valence-electron chi connectivity index (χ1n) is 7.79. The number of anilines is 1. The Labute approximate surface area is 145 Å². The number of ether oxygens (including phenoxy) is 1. The van der Waals surface area contributed by atoms with Crippen molar-refractivity contribution < 1.29 is 14.3 Å². The molecule has 3 aromatic carbocycles. The van der Waals surface area contributed by atoms with Crippen molar-refractivity contribution in [3.8, 4) is 16.9 Å². The number of carbonyl (C=O) groups is 2. The number of para-hydroxylation sites is 1. The molecule has 0 atom stereocenters. The first-order chi connectivity index (χ1) is 12.1. The van der Waals surface area contributed by atoms with Crippen LogP contribution in [0.1, 0.15) is 20.7 Å². The van der Waals surface area contributed by atoms with Gasteiger partial charge in [0, 0.05) is 16.7 Å². The minimum Gasteiger partial charge on any atom is -0.497 e. The van der Waals surface area contributed by atoms with Gasteiger partial charge in [0.2, 0.25) is 11.6 Å². The van der Waals surface area contributed by atoms with E-state index in [1.165, 1.54) is 0 Å². The van der Waals surface area contributed by atoms with Crippen LogP contribution in [0.25, 0.3) is 11.1 Å². The van der Waals surface area contributed by atoms with E-state index in [4.69, 9.17) is 10.5 Å². The summed E-state index contributed by atoms with van der Waals surface area (Å²) in [6, 6.07) is 20.9. The van der Waals surface area contributed by atoms with Gasteiger partial charge < -0.3 is 10.5 Å². The van der Waals surface area contributed by atoms with Crippen LogP contribution < -0.4 is 10.5 Å². The Balaban J connectivity index is 1.98. The fourth-order valence-electron chi connectivity index (χ4n) is 2.63. The lowest BCUT2D eigenvalue weighted by molar-refractivity contribution is 0.0817. The second-order valence-electron chi connectivity index (χ2n) is 5.52. The molecule has 4 nitrogen and oxygen atoms in total. The van der Waals surface area contributed by atoms with Crippen molar-refractivity contribution in [1.82, 2.24) is 0 Å². The smallest absolute Gasteiger partial charge is 0.235 e. The van der Waals surface area contributed by atoms with Crippen molar-refractivity contribution in [1.29, 1.82) is 0 Å². The second-order valence-corrected chi connectivity index (χ2v) is 5.52. The first-order valence-corrected chi connectivity index (χ1v) is 7.79. The summed E-state index contributed by atoms with van der Waals surface area (Å²) < 4.78 is 5.15. The van der Waals surface area contributed by atoms with Crippen molar-refractivity contribution in [2.45, 2.75) is 0 Å². The molecule has 0 unspecified atom stereocenters. The number of nitrogen functional groups attached to an aromatic ring is 1. The molecule has 0 fully saturated rings. The highest BCUT2D eigenvalue weighted by atomic mass is 16.5. The molecule has 0 aromatic heterocycles. The molecular formula is C21H17NO3. The molecule has 3 aromatic rings. The van der Waals surface area contributed by atoms with E-state index in [1.54, 1.807) is 49.6 Å². The Morgan fingerprint density at radius 2 is 1.48 bits per heavy atom. The summed E-state index contributed by atoms with van der Waals surface area (Å²) >= 11 is 0. The van der Waals surface area contributed by atoms with Gasteiger partial charge in [-0.05, 0) is 23.8 Å². The maximum absolute atomic E-state index is 12.6. The van der Waals surface area contributed by atoms with E-state index < -0.39 is 11.6 Å². The molecule has 0 aliphatic rings. The maximum atomic E-state index is 12.6. The number of ketones is 2. The summed E-state index contributed by atoms with van der Waals surface area (Å²) in [5.74, 6) is -0.452. The van der Waals surface area contributed by atoms with Gasteiger partial charge in [-0.25, -0.2) is 0 Å². The molecule has 3 rings (SSSR count). The topological polar surface area (TPSA) is 69.4 Å². The van der Waals surface area contributed by atoms with Crippen molar-refractivity contribution in [3.63, 3.8) is 0 Å². The number of benzene rings is 3. The van der Waals surface area contributed by atoms with Crippen LogP contribution in [0.5, 0.6) is 5.75 Å². The minimum atomic E-state index is -0.612. The van der Waals surface area contributed by atoms with Gasteiger partial charge in [-0.2, -0.15) is 0 Å². The zero-order valence-corrected chi connectivity index (χ0v) is 13.7. The Bertz CT molecular complexity index is 916. The van der Waals surface area contributed by atoms with Gasteiger partial charge >= 0.3 is 0 Å². The van der Waals surface area contributed by atoms with Gasteiger partial charge in [0.15, 0.2) is 0 Å². The number of rotatable bonds is 5. The average Bonchev–Trinajstić information content (AvgIpc) is 2.68. The first kappa shape index (κ1) is 16.5. The quantitative estimate of drug-likeness (QED) is 0.436. The van der Waals surface area contributed by atoms with Gasteiger partial charge in [0.25, 0.3) is 0 Å². The fraction of sp³-hybridized carbons (Fsp3) is 0.0476. The van der Waals surface area contributed by atoms with Crippen molar-refractivity contribution in [2.24, 2.45) is 0 Å². The van der Waals surface area contributed by atoms with Crippen LogP contribution in [0.3, 0.4) is 0 Å². The summed E-state index contributed by atoms with van der Waals surface area (Å²) in [5.41, 5.74) is 8.60. The number of hydrogen-bond acceptors (Lipinski definition) is 4. The summed E-state index contributed by atoms with van der Waals surface area (Å²) in [5, 5.41) is 0. The molecule has 25 heavy (non-hydrogen) atoms. The Hall–Kier alpha value is -3.40.